The van der Waals surface area contributed by atoms with Crippen LogP contribution in [-0.2, 0) is 95.0 Å². The molecule has 148 heavy (non-hydrogen) atoms. The lowest BCUT2D eigenvalue weighted by Crippen LogP contribution is -2.53. The average Bonchev–Trinajstić information content (AvgIpc) is 1.62. The van der Waals surface area contributed by atoms with Crippen LogP contribution in [0, 0.1) is 23.6 Å². The molecule has 3 aromatic carbocycles. The number of unbranched alkanes of at least 4 members (excludes halogenated alkanes) is 9. The number of nitrogens with zero attached hydrogens (tertiary/aromatic N) is 11. The number of benzene rings is 3. The lowest BCUT2D eigenvalue weighted by Gasteiger charge is -2.27. The number of aliphatic hydroxyl groups excluding tert-OH is 1. The van der Waals surface area contributed by atoms with Gasteiger partial charge in [-0.2, -0.15) is 0 Å². The van der Waals surface area contributed by atoms with E-state index in [2.05, 4.69) is 69.3 Å². The summed E-state index contributed by atoms with van der Waals surface area (Å²) in [4.78, 5) is 155. The van der Waals surface area contributed by atoms with Crippen LogP contribution in [0.1, 0.15) is 151 Å². The van der Waals surface area contributed by atoms with Crippen LogP contribution in [0.15, 0.2) is 168 Å². The Kier molecular flexibility index (Phi) is 35.6. The number of fused-ring (bicyclic) bond motifs is 9. The number of aromatic nitrogens is 12. The fraction of sp³-hybridized carbons (Fsp3) is 0.484. The molecular formula is C93H112F4N18O27P4S2. The summed E-state index contributed by atoms with van der Waals surface area (Å²) in [5.41, 5.74) is 12.4. The van der Waals surface area contributed by atoms with Crippen LogP contribution < -0.4 is 53.7 Å². The molecule has 10 aromatic rings. The van der Waals surface area contributed by atoms with Crippen LogP contribution in [0.3, 0.4) is 0 Å². The van der Waals surface area contributed by atoms with Gasteiger partial charge >= 0.3 is 33.9 Å². The van der Waals surface area contributed by atoms with Gasteiger partial charge in [0, 0.05) is 84.6 Å². The summed E-state index contributed by atoms with van der Waals surface area (Å²) in [6, 6.07) is 19.8. The molecule has 7 aliphatic rings. The number of hydrogen-bond acceptors (Lipinski definition) is 35. The van der Waals surface area contributed by atoms with Gasteiger partial charge in [0.2, 0.25) is 17.7 Å². The number of imidazole rings is 2. The van der Waals surface area contributed by atoms with E-state index in [1.807, 2.05) is 0 Å². The Morgan fingerprint density at radius 2 is 1.24 bits per heavy atom. The third-order valence-electron chi connectivity index (χ3n) is 25.8. The van der Waals surface area contributed by atoms with Crippen molar-refractivity contribution in [2.45, 2.75) is 214 Å². The Bertz CT molecular complexity index is 6880. The highest BCUT2D eigenvalue weighted by molar-refractivity contribution is 8.56. The molecule has 45 nitrogen and oxygen atoms in total. The first-order chi connectivity index (χ1) is 70.8. The summed E-state index contributed by atoms with van der Waals surface area (Å²) in [6.45, 7) is 0.0810. The number of ether oxygens (including phenoxy) is 6. The summed E-state index contributed by atoms with van der Waals surface area (Å²) in [5, 5.41) is 19.4. The van der Waals surface area contributed by atoms with Crippen LogP contribution in [0.4, 0.5) is 34.8 Å². The first kappa shape index (κ1) is 110. The molecule has 4 bridgehead atoms. The van der Waals surface area contributed by atoms with E-state index in [0.717, 1.165) is 64.5 Å². The van der Waals surface area contributed by atoms with Crippen molar-refractivity contribution in [1.29, 1.82) is 0 Å². The number of pyridine rings is 1. The second-order valence-electron chi connectivity index (χ2n) is 36.7. The van der Waals surface area contributed by atoms with Crippen LogP contribution >= 0.6 is 51.6 Å². The molecule has 17 rings (SSSR count). The van der Waals surface area contributed by atoms with Crippen molar-refractivity contribution in [2.24, 2.45) is 17.8 Å². The van der Waals surface area contributed by atoms with Gasteiger partial charge in [0.15, 0.2) is 53.4 Å². The van der Waals surface area contributed by atoms with Gasteiger partial charge < -0.3 is 94.2 Å². The monoisotopic (exact) mass is 2180 g/mol. The lowest BCUT2D eigenvalue weighted by atomic mass is 10.0. The highest BCUT2D eigenvalue weighted by atomic mass is 32.7. The second kappa shape index (κ2) is 48.1. The van der Waals surface area contributed by atoms with Gasteiger partial charge in [0.25, 0.3) is 23.6 Å². The maximum Gasteiger partial charge on any atom is 0.472 e. The number of phosphoric acid groups is 1. The Hall–Kier alpha value is -11.0. The molecular weight excluding hydrogens is 2070 g/mol. The largest absolute Gasteiger partial charge is 0.494 e. The molecule has 7 aromatic heterocycles. The molecule has 6 saturated heterocycles. The fourth-order valence-electron chi connectivity index (χ4n) is 17.9. The minimum absolute atomic E-state index is 0.00790. The number of esters is 1. The molecule has 4 unspecified atom stereocenters. The van der Waals surface area contributed by atoms with Crippen molar-refractivity contribution >= 4 is 132 Å². The van der Waals surface area contributed by atoms with Gasteiger partial charge in [-0.1, -0.05) is 114 Å². The molecule has 0 saturated carbocycles. The highest BCUT2D eigenvalue weighted by Gasteiger charge is 2.58. The number of nitrogen functional groups attached to an aromatic ring is 2. The number of carbonyl (C=O) groups excluding carboxylic acids is 5. The summed E-state index contributed by atoms with van der Waals surface area (Å²) in [7, 11) is -10.0. The van der Waals surface area contributed by atoms with E-state index in [-0.39, 0.29) is 80.9 Å². The third-order valence-corrected chi connectivity index (χ3v) is 36.5. The lowest BCUT2D eigenvalue weighted by molar-refractivity contribution is -0.131. The van der Waals surface area contributed by atoms with E-state index in [1.54, 1.807) is 85.5 Å². The topological polar surface area (TPSA) is 596 Å². The van der Waals surface area contributed by atoms with Gasteiger partial charge in [-0.25, -0.2) is 66.2 Å². The molecule has 7 aliphatic heterocycles. The SMILES string of the molecule is C=C1C=CC(=O)N1CCCCCC(=O)N[C@H](C(=O)N[C@@H](C)C(=O)Nc1ccc(CSP2(=O)OC[C@H]3O[C@@H](n4cc(F)c5c(=O)[nH]cnc54)[C@H](CP(=O)(O)OC[C@H]4O[C@@H](n5cnc6c(N)ncnc65)[C@H](F)[C@@H]4O2)[C@@H]3O)cc1)C(C)C.CCCCCCCCCCOc1ccc(C(=O)Oc2ccc(CSP3(=O)C[C@@H]4[C@H](F)[C@@H](COP(=O)(O)O[C@H]5[C@@H](F)[C@H](n6cnc7c(N)ccnc76)O[C@@H]5CO3)O[C@H]4n3ccc(=O)[nH]c3=O)cc2)cc1. The molecule has 0 spiro atoms. The number of halogens is 4. The minimum atomic E-state index is -5.22. The number of amides is 4. The number of rotatable bonds is 34. The first-order valence-corrected chi connectivity index (χ1v) is 57.7. The standard InChI is InChI=1S/C48H58F2N12O14P2S.C45H54F2N6O13P2S/c1-24(2)37(59-33(63)8-6-5-7-15-60-25(3)9-14-34(60)64)46(68)57-26(4)44(66)58-28-12-10-27(11-13-28)20-79-78(71)73-17-31-39(65)29(47(74-31)61-16-30(49)35-42(61)53-22-55-45(35)67)19-77(69,70)72-18-32-40(76-78)36(50)48(75-32)62-23-56-38-41(51)52-21-54-43(38)62;1-2-3-4-5-6-7-8-9-22-60-30-16-12-29(13-17-30)44(55)63-31-14-10-28(11-15-31)26-69-67(57)25-32-37(46)34(64-42(32)52-21-19-36(54)51-45(52)56)23-62-68(58,59)66-40-35(24-61-67)65-43(38(40)47)53-27-50-39-33(48)18-20-49-41(39)53/h9-14,16,21-24,26,29,31-32,36-37,39-40,47-48,65H,3,5-8,15,17-20H2,1-2,4H3,(H,57,68)(H,58,66)(H,59,63)(H,69,70)(H2,51,52,54)(H,53,55,67);10-21,27,32,34-35,37-38,40,42-43H,2-9,22-26H2,1H3,(H2,48,49)(H,58,59)(H,51,54,56)/t26-,29+,31+,32+,36+,37-,39-,40+,47+,48+,78?;32-,34-,35-,37+,38-,40-,42-,43-,67?/m01/s1. The number of phosphoric ester groups is 1. The van der Waals surface area contributed by atoms with Gasteiger partial charge in [-0.15, -0.1) is 0 Å². The smallest absolute Gasteiger partial charge is 0.472 e. The molecule has 0 radical (unpaired) electrons. The second-order valence-corrected chi connectivity index (χ2v) is 48.8. The van der Waals surface area contributed by atoms with E-state index < -0.39 is 223 Å². The predicted molar refractivity (Wildman–Crippen MR) is 531 cm³/mol. The number of H-pyrrole nitrogens is 2. The number of carbonyl (C=O) groups is 5. The Morgan fingerprint density at radius 1 is 0.622 bits per heavy atom. The van der Waals surface area contributed by atoms with Crippen molar-refractivity contribution in [1.82, 2.24) is 73.7 Å². The van der Waals surface area contributed by atoms with Gasteiger partial charge in [-0.3, -0.25) is 74.7 Å². The number of nitrogens with two attached hydrogens (primary N) is 2. The molecule has 12 N–H and O–H groups in total. The zero-order valence-electron chi connectivity index (χ0n) is 80.3. The van der Waals surface area contributed by atoms with Crippen molar-refractivity contribution in [3.63, 3.8) is 0 Å². The van der Waals surface area contributed by atoms with E-state index >= 15 is 26.7 Å². The number of hydrogen-bond donors (Lipinski definition) is 10. The Labute approximate surface area is 850 Å². The number of alkyl halides is 3. The van der Waals surface area contributed by atoms with Crippen molar-refractivity contribution in [2.75, 3.05) is 68.7 Å². The Morgan fingerprint density at radius 3 is 1.93 bits per heavy atom. The van der Waals surface area contributed by atoms with E-state index in [1.165, 1.54) is 97.7 Å². The molecule has 6 fully saturated rings. The minimum Gasteiger partial charge on any atom is -0.494 e. The van der Waals surface area contributed by atoms with Crippen LogP contribution in [0.2, 0.25) is 0 Å². The fourth-order valence-corrected chi connectivity index (χ4v) is 28.0. The van der Waals surface area contributed by atoms with Crippen molar-refractivity contribution in [3.05, 3.63) is 207 Å². The first-order valence-electron chi connectivity index (χ1n) is 47.9. The summed E-state index contributed by atoms with van der Waals surface area (Å²) in [5.74, 6) is -5.59. The van der Waals surface area contributed by atoms with Crippen molar-refractivity contribution < 1.29 is 130 Å². The number of aliphatic hydroxyl groups is 1. The summed E-state index contributed by atoms with van der Waals surface area (Å²) < 4.78 is 197. The molecule has 14 heterocycles. The van der Waals surface area contributed by atoms with Crippen LogP contribution in [0.5, 0.6) is 11.5 Å². The zero-order chi connectivity index (χ0) is 105. The maximum atomic E-state index is 17.0. The number of anilines is 3. The van der Waals surface area contributed by atoms with E-state index in [0.29, 0.717) is 77.6 Å². The van der Waals surface area contributed by atoms with Gasteiger partial charge in [0.05, 0.1) is 75.5 Å². The number of nitrogens with one attached hydrogen (secondary N) is 5. The quantitative estimate of drug-likeness (QED) is 0.00589. The highest BCUT2D eigenvalue weighted by Crippen LogP contribution is 2.67. The van der Waals surface area contributed by atoms with Crippen LogP contribution in [0.25, 0.3) is 33.4 Å². The van der Waals surface area contributed by atoms with E-state index in [9.17, 15) is 62.4 Å². The molecule has 4 amide bonds. The third kappa shape index (κ3) is 26.2. The molecule has 796 valence electrons. The average molecular weight is 2180 g/mol. The zero-order valence-corrected chi connectivity index (χ0v) is 85.6. The maximum absolute atomic E-state index is 17.0. The number of aromatic amines is 2. The summed E-state index contributed by atoms with van der Waals surface area (Å²) in [6.07, 6.45) is -2.85. The molecule has 0 aliphatic carbocycles. The van der Waals surface area contributed by atoms with Gasteiger partial charge in [0.1, 0.15) is 102 Å². The summed E-state index contributed by atoms with van der Waals surface area (Å²) >= 11 is 1.41. The molecule has 55 heteroatoms. The van der Waals surface area contributed by atoms with Crippen molar-refractivity contribution in [3.8, 4) is 11.5 Å². The van der Waals surface area contributed by atoms with Gasteiger partial charge in [-0.05, 0) is 115 Å². The normalized spacial score (nSPS) is 28.2. The molecule has 22 atom stereocenters. The predicted octanol–water partition coefficient (Wildman–Crippen LogP) is 12.2. The van der Waals surface area contributed by atoms with Crippen LogP contribution in [-0.4, -0.2) is 233 Å². The number of allylic oxidation sites excluding steroid dienone is 1. The Balaban J connectivity index is 0.000000213. The van der Waals surface area contributed by atoms with E-state index in [4.69, 9.17) is 67.0 Å².